The molecule has 1 saturated heterocycles. The molecule has 0 aromatic rings. The van der Waals surface area contributed by atoms with Gasteiger partial charge in [-0.25, -0.2) is 0 Å². The molecule has 0 unspecified atom stereocenters. The van der Waals surface area contributed by atoms with E-state index in [0.717, 1.165) is 32.7 Å². The van der Waals surface area contributed by atoms with Crippen LogP contribution in [0.2, 0.25) is 0 Å². The molecule has 21 heavy (non-hydrogen) atoms. The van der Waals surface area contributed by atoms with Gasteiger partial charge in [0.1, 0.15) is 6.42 Å². The Morgan fingerprint density at radius 1 is 0.952 bits per heavy atom. The van der Waals surface area contributed by atoms with Crippen LogP contribution in [0.3, 0.4) is 0 Å². The molecule has 116 valence electrons. The van der Waals surface area contributed by atoms with Gasteiger partial charge in [0.15, 0.2) is 0 Å². The summed E-state index contributed by atoms with van der Waals surface area (Å²) in [5.41, 5.74) is 0. The average Bonchev–Trinajstić information content (AvgIpc) is 2.94. The number of nitrogens with zero attached hydrogens (tertiary/aromatic N) is 1. The summed E-state index contributed by atoms with van der Waals surface area (Å²) in [6, 6.07) is 0. The lowest BCUT2D eigenvalue weighted by molar-refractivity contribution is -0.129. The van der Waals surface area contributed by atoms with Gasteiger partial charge in [0, 0.05) is 51.7 Å². The van der Waals surface area contributed by atoms with Crippen molar-refractivity contribution in [2.45, 2.75) is 6.42 Å². The Morgan fingerprint density at radius 2 is 1.62 bits per heavy atom. The number of carbonyl (C=O) groups excluding carboxylic acids is 2. The largest absolute Gasteiger partial charge is 0.354 e. The zero-order valence-electron chi connectivity index (χ0n) is 12.3. The lowest BCUT2D eigenvalue weighted by Crippen LogP contribution is -2.40. The minimum atomic E-state index is -0.216. The summed E-state index contributed by atoms with van der Waals surface area (Å²) in [6.45, 7) is 5.43. The van der Waals surface area contributed by atoms with E-state index in [1.165, 1.54) is 0 Å². The maximum absolute atomic E-state index is 11.6. The van der Waals surface area contributed by atoms with Crippen LogP contribution in [0.1, 0.15) is 6.42 Å². The van der Waals surface area contributed by atoms with E-state index in [1.54, 1.807) is 0 Å². The van der Waals surface area contributed by atoms with E-state index in [9.17, 15) is 9.59 Å². The average molecular weight is 292 g/mol. The highest BCUT2D eigenvalue weighted by Gasteiger charge is 2.13. The fraction of sp³-hybridized carbons (Fsp3) is 0.600. The van der Waals surface area contributed by atoms with Gasteiger partial charge in [-0.15, -0.1) is 0 Å². The van der Waals surface area contributed by atoms with Crippen LogP contribution in [-0.2, 0) is 9.59 Å². The Kier molecular flexibility index (Phi) is 6.43. The highest BCUT2D eigenvalue weighted by molar-refractivity contribution is 5.96. The topological polar surface area (TPSA) is 73.5 Å². The third-order valence-electron chi connectivity index (χ3n) is 3.60. The molecule has 0 radical (unpaired) electrons. The van der Waals surface area contributed by atoms with Crippen LogP contribution in [0.25, 0.3) is 0 Å². The van der Waals surface area contributed by atoms with E-state index in [4.69, 9.17) is 0 Å². The van der Waals surface area contributed by atoms with E-state index < -0.39 is 0 Å². The number of amides is 2. The van der Waals surface area contributed by atoms with Crippen molar-refractivity contribution >= 4 is 11.8 Å². The molecule has 0 atom stereocenters. The normalized spacial score (nSPS) is 23.0. The molecule has 6 heteroatoms. The summed E-state index contributed by atoms with van der Waals surface area (Å²) in [7, 11) is 0. The van der Waals surface area contributed by atoms with Crippen molar-refractivity contribution in [3.8, 4) is 0 Å². The van der Waals surface area contributed by atoms with Gasteiger partial charge in [-0.05, 0) is 0 Å². The Morgan fingerprint density at radius 3 is 2.38 bits per heavy atom. The summed E-state index contributed by atoms with van der Waals surface area (Å²) in [5.74, 6) is 0.0339. The maximum Gasteiger partial charge on any atom is 0.229 e. The van der Waals surface area contributed by atoms with Gasteiger partial charge in [0.2, 0.25) is 11.8 Å². The predicted molar refractivity (Wildman–Crippen MR) is 81.7 cm³/mol. The van der Waals surface area contributed by atoms with Gasteiger partial charge in [0.25, 0.3) is 0 Å². The first-order chi connectivity index (χ1) is 10.2. The second kappa shape index (κ2) is 8.59. The van der Waals surface area contributed by atoms with Crippen LogP contribution in [-0.4, -0.2) is 62.5 Å². The standard InChI is InChI=1S/C15H24N4O2/c20-14-11-15(21)18-8-10-19(9-7-16-5-6-17-14)12-13-3-1-2-4-13/h1-4,13,16H,5-12H2,(H,17,20)(H,18,21). The maximum atomic E-state index is 11.6. The van der Waals surface area contributed by atoms with Gasteiger partial charge in [-0.1, -0.05) is 24.3 Å². The van der Waals surface area contributed by atoms with Crippen molar-refractivity contribution in [1.82, 2.24) is 20.9 Å². The van der Waals surface area contributed by atoms with Crippen molar-refractivity contribution in [1.29, 1.82) is 0 Å². The van der Waals surface area contributed by atoms with Crippen LogP contribution in [0.15, 0.2) is 24.3 Å². The van der Waals surface area contributed by atoms with Crippen molar-refractivity contribution in [2.75, 3.05) is 45.8 Å². The minimum Gasteiger partial charge on any atom is -0.354 e. The molecule has 2 amide bonds. The van der Waals surface area contributed by atoms with E-state index in [2.05, 4.69) is 45.2 Å². The molecule has 0 bridgehead atoms. The van der Waals surface area contributed by atoms with Gasteiger partial charge < -0.3 is 16.0 Å². The Bertz CT molecular complexity index is 408. The fourth-order valence-corrected chi connectivity index (χ4v) is 2.47. The van der Waals surface area contributed by atoms with Crippen LogP contribution in [0.4, 0.5) is 0 Å². The van der Waals surface area contributed by atoms with Crippen LogP contribution in [0.5, 0.6) is 0 Å². The smallest absolute Gasteiger partial charge is 0.229 e. The highest BCUT2D eigenvalue weighted by Crippen LogP contribution is 2.10. The molecular formula is C15H24N4O2. The summed E-state index contributed by atoms with van der Waals surface area (Å²) in [4.78, 5) is 25.4. The van der Waals surface area contributed by atoms with Gasteiger partial charge in [0.05, 0.1) is 0 Å². The zero-order valence-corrected chi connectivity index (χ0v) is 12.3. The molecule has 0 aromatic carbocycles. The third-order valence-corrected chi connectivity index (χ3v) is 3.60. The van der Waals surface area contributed by atoms with E-state index in [1.807, 2.05) is 0 Å². The molecule has 2 rings (SSSR count). The predicted octanol–water partition coefficient (Wildman–Crippen LogP) is -0.744. The molecule has 1 heterocycles. The summed E-state index contributed by atoms with van der Waals surface area (Å²) < 4.78 is 0. The summed E-state index contributed by atoms with van der Waals surface area (Å²) in [6.07, 6.45) is 8.44. The molecule has 3 N–H and O–H groups in total. The molecule has 2 aliphatic rings. The first-order valence-electron chi connectivity index (χ1n) is 7.55. The molecule has 0 aromatic heterocycles. The number of rotatable bonds is 2. The Balaban J connectivity index is 1.83. The van der Waals surface area contributed by atoms with Crippen molar-refractivity contribution < 1.29 is 9.59 Å². The van der Waals surface area contributed by atoms with Gasteiger partial charge in [-0.3, -0.25) is 14.5 Å². The second-order valence-corrected chi connectivity index (χ2v) is 5.36. The van der Waals surface area contributed by atoms with E-state index in [0.29, 0.717) is 19.0 Å². The van der Waals surface area contributed by atoms with E-state index >= 15 is 0 Å². The Hall–Kier alpha value is -1.66. The lowest BCUT2D eigenvalue weighted by atomic mass is 10.1. The third kappa shape index (κ3) is 6.10. The quantitative estimate of drug-likeness (QED) is 0.586. The first-order valence-corrected chi connectivity index (χ1v) is 7.55. The summed E-state index contributed by atoms with van der Waals surface area (Å²) in [5, 5.41) is 8.85. The van der Waals surface area contributed by atoms with E-state index in [-0.39, 0.29) is 18.2 Å². The lowest BCUT2D eigenvalue weighted by Gasteiger charge is -2.24. The van der Waals surface area contributed by atoms with Crippen LogP contribution < -0.4 is 16.0 Å². The zero-order chi connectivity index (χ0) is 14.9. The monoisotopic (exact) mass is 292 g/mol. The molecule has 1 aliphatic heterocycles. The summed E-state index contributed by atoms with van der Waals surface area (Å²) >= 11 is 0. The number of hydrogen-bond acceptors (Lipinski definition) is 4. The highest BCUT2D eigenvalue weighted by atomic mass is 16.2. The molecule has 1 aliphatic carbocycles. The second-order valence-electron chi connectivity index (χ2n) is 5.36. The van der Waals surface area contributed by atoms with Gasteiger partial charge in [-0.2, -0.15) is 0 Å². The fourth-order valence-electron chi connectivity index (χ4n) is 2.47. The molecule has 0 saturated carbocycles. The van der Waals surface area contributed by atoms with Crippen molar-refractivity contribution in [2.24, 2.45) is 5.92 Å². The molecule has 0 spiro atoms. The van der Waals surface area contributed by atoms with Crippen molar-refractivity contribution in [3.05, 3.63) is 24.3 Å². The van der Waals surface area contributed by atoms with Crippen LogP contribution >= 0.6 is 0 Å². The number of carbonyl (C=O) groups is 2. The number of nitrogens with one attached hydrogen (secondary N) is 3. The van der Waals surface area contributed by atoms with Crippen LogP contribution in [0, 0.1) is 5.92 Å². The number of allylic oxidation sites excluding steroid dienone is 2. The Labute approximate surface area is 125 Å². The van der Waals surface area contributed by atoms with Crippen molar-refractivity contribution in [3.63, 3.8) is 0 Å². The van der Waals surface area contributed by atoms with Gasteiger partial charge >= 0.3 is 0 Å². The molecule has 6 nitrogen and oxygen atoms in total. The number of hydrogen-bond donors (Lipinski definition) is 3. The SMILES string of the molecule is O=C1CC(=O)NCCN(CC2C=CC=C2)CCNCCN1. The molecular weight excluding hydrogens is 268 g/mol. The minimum absolute atomic E-state index is 0.0892. The first kappa shape index (κ1) is 15.7. The molecule has 1 fully saturated rings.